The van der Waals surface area contributed by atoms with Crippen molar-refractivity contribution in [3.63, 3.8) is 0 Å². The SMILES string of the molecule is COc1ccc(Cl)cc1NC(=O)C(=O)NN=C(C)c1ccc(OC(=O)c2ccc(C)cc2)c(OC)c1. The molecule has 0 spiro atoms. The first-order valence-electron chi connectivity index (χ1n) is 10.7. The molecule has 0 saturated heterocycles. The second-order valence-electron chi connectivity index (χ2n) is 7.56. The second-order valence-corrected chi connectivity index (χ2v) is 7.99. The normalized spacial score (nSPS) is 10.9. The monoisotopic (exact) mass is 509 g/mol. The molecule has 3 aromatic rings. The van der Waals surface area contributed by atoms with Crippen LogP contribution in [0, 0.1) is 6.92 Å². The van der Waals surface area contributed by atoms with Gasteiger partial charge in [-0.25, -0.2) is 10.2 Å². The number of aryl methyl sites for hydroxylation is 1. The number of amides is 2. The molecular formula is C26H24ClN3O6. The molecule has 0 heterocycles. The minimum absolute atomic E-state index is 0.221. The smallest absolute Gasteiger partial charge is 0.343 e. The third kappa shape index (κ3) is 6.61. The van der Waals surface area contributed by atoms with Crippen LogP contribution in [0.2, 0.25) is 5.02 Å². The van der Waals surface area contributed by atoms with Gasteiger partial charge in [-0.1, -0.05) is 29.3 Å². The Morgan fingerprint density at radius 1 is 0.806 bits per heavy atom. The van der Waals surface area contributed by atoms with Gasteiger partial charge in [0.25, 0.3) is 0 Å². The van der Waals surface area contributed by atoms with Gasteiger partial charge < -0.3 is 19.5 Å². The number of benzene rings is 3. The van der Waals surface area contributed by atoms with E-state index in [9.17, 15) is 14.4 Å². The quantitative estimate of drug-likeness (QED) is 0.161. The fourth-order valence-electron chi connectivity index (χ4n) is 3.03. The zero-order valence-electron chi connectivity index (χ0n) is 20.0. The molecule has 0 aromatic heterocycles. The number of esters is 1. The molecule has 3 rings (SSSR count). The third-order valence-corrected chi connectivity index (χ3v) is 5.25. The Hall–Kier alpha value is -4.37. The highest BCUT2D eigenvalue weighted by Crippen LogP contribution is 2.29. The van der Waals surface area contributed by atoms with E-state index in [1.807, 2.05) is 19.1 Å². The molecule has 36 heavy (non-hydrogen) atoms. The summed E-state index contributed by atoms with van der Waals surface area (Å²) in [6.07, 6.45) is 0. The highest BCUT2D eigenvalue weighted by molar-refractivity contribution is 6.40. The van der Waals surface area contributed by atoms with Crippen LogP contribution < -0.4 is 25.0 Å². The van der Waals surface area contributed by atoms with Gasteiger partial charge in [0, 0.05) is 10.6 Å². The second kappa shape index (κ2) is 11.9. The van der Waals surface area contributed by atoms with Gasteiger partial charge in [0.05, 0.1) is 31.2 Å². The lowest BCUT2D eigenvalue weighted by molar-refractivity contribution is -0.136. The van der Waals surface area contributed by atoms with Gasteiger partial charge in [-0.2, -0.15) is 5.10 Å². The molecule has 9 nitrogen and oxygen atoms in total. The van der Waals surface area contributed by atoms with Gasteiger partial charge in [0.15, 0.2) is 11.5 Å². The summed E-state index contributed by atoms with van der Waals surface area (Å²) in [5, 5.41) is 6.77. The van der Waals surface area contributed by atoms with Gasteiger partial charge in [-0.15, -0.1) is 0 Å². The summed E-state index contributed by atoms with van der Waals surface area (Å²) in [5.74, 6) is -1.62. The van der Waals surface area contributed by atoms with Crippen molar-refractivity contribution in [2.75, 3.05) is 19.5 Å². The van der Waals surface area contributed by atoms with Crippen molar-refractivity contribution in [1.82, 2.24) is 5.43 Å². The van der Waals surface area contributed by atoms with Crippen LogP contribution in [0.3, 0.4) is 0 Å². The number of ether oxygens (including phenoxy) is 3. The van der Waals surface area contributed by atoms with Crippen LogP contribution in [0.25, 0.3) is 0 Å². The molecule has 0 aliphatic heterocycles. The summed E-state index contributed by atoms with van der Waals surface area (Å²) in [6, 6.07) is 16.4. The van der Waals surface area contributed by atoms with Crippen molar-refractivity contribution in [2.45, 2.75) is 13.8 Å². The van der Waals surface area contributed by atoms with Crippen LogP contribution in [-0.2, 0) is 9.59 Å². The first kappa shape index (κ1) is 26.2. The summed E-state index contributed by atoms with van der Waals surface area (Å²) in [5.41, 5.74) is 4.82. The van der Waals surface area contributed by atoms with E-state index in [1.54, 1.807) is 49.4 Å². The molecule has 186 valence electrons. The lowest BCUT2D eigenvalue weighted by Gasteiger charge is -2.11. The number of hydrazone groups is 1. The van der Waals surface area contributed by atoms with Crippen molar-refractivity contribution in [1.29, 1.82) is 0 Å². The van der Waals surface area contributed by atoms with E-state index in [4.69, 9.17) is 25.8 Å². The Kier molecular flexibility index (Phi) is 8.64. The lowest BCUT2D eigenvalue weighted by atomic mass is 10.1. The van der Waals surface area contributed by atoms with E-state index < -0.39 is 17.8 Å². The van der Waals surface area contributed by atoms with Crippen LogP contribution in [-0.4, -0.2) is 37.7 Å². The van der Waals surface area contributed by atoms with Gasteiger partial charge in [-0.05, 0) is 62.4 Å². The molecule has 0 saturated carbocycles. The number of hydrogen-bond donors (Lipinski definition) is 2. The van der Waals surface area contributed by atoms with E-state index in [0.717, 1.165) is 5.56 Å². The molecule has 0 aliphatic carbocycles. The first-order valence-corrected chi connectivity index (χ1v) is 11.1. The zero-order chi connectivity index (χ0) is 26.2. The van der Waals surface area contributed by atoms with Crippen LogP contribution in [0.5, 0.6) is 17.2 Å². The minimum atomic E-state index is -0.994. The van der Waals surface area contributed by atoms with Gasteiger partial charge in [-0.3, -0.25) is 9.59 Å². The Morgan fingerprint density at radius 2 is 1.44 bits per heavy atom. The number of hydrogen-bond acceptors (Lipinski definition) is 7. The number of rotatable bonds is 7. The predicted molar refractivity (Wildman–Crippen MR) is 136 cm³/mol. The number of anilines is 1. The van der Waals surface area contributed by atoms with E-state index in [2.05, 4.69) is 15.8 Å². The van der Waals surface area contributed by atoms with E-state index in [1.165, 1.54) is 20.3 Å². The van der Waals surface area contributed by atoms with Crippen molar-refractivity contribution < 1.29 is 28.6 Å². The molecule has 10 heteroatoms. The molecule has 0 unspecified atom stereocenters. The molecule has 0 radical (unpaired) electrons. The van der Waals surface area contributed by atoms with E-state index >= 15 is 0 Å². The highest BCUT2D eigenvalue weighted by Gasteiger charge is 2.17. The van der Waals surface area contributed by atoms with Gasteiger partial charge >= 0.3 is 17.8 Å². The summed E-state index contributed by atoms with van der Waals surface area (Å²) in [4.78, 5) is 36.9. The summed E-state index contributed by atoms with van der Waals surface area (Å²) >= 11 is 5.94. The summed E-state index contributed by atoms with van der Waals surface area (Å²) in [7, 11) is 2.86. The number of nitrogens with zero attached hydrogens (tertiary/aromatic N) is 1. The van der Waals surface area contributed by atoms with Crippen LogP contribution >= 0.6 is 11.6 Å². The standard InChI is InChI=1S/C26H24ClN3O6/c1-15-5-7-17(8-6-15)26(33)36-22-11-9-18(13-23(22)35-4)16(2)29-30-25(32)24(31)28-20-14-19(27)10-12-21(20)34-3/h5-14H,1-4H3,(H,28,31)(H,30,32). The fraction of sp³-hybridized carbons (Fsp3) is 0.154. The molecule has 0 atom stereocenters. The largest absolute Gasteiger partial charge is 0.495 e. The number of nitrogens with one attached hydrogen (secondary N) is 2. The maximum atomic E-state index is 12.4. The molecule has 0 bridgehead atoms. The Balaban J connectivity index is 1.68. The lowest BCUT2D eigenvalue weighted by Crippen LogP contribution is -2.33. The molecule has 2 amide bonds. The first-order chi connectivity index (χ1) is 17.2. The molecule has 0 fully saturated rings. The van der Waals surface area contributed by atoms with Gasteiger partial charge in [0.2, 0.25) is 0 Å². The maximum Gasteiger partial charge on any atom is 0.343 e. The van der Waals surface area contributed by atoms with Crippen LogP contribution in [0.15, 0.2) is 65.8 Å². The average molecular weight is 510 g/mol. The average Bonchev–Trinajstić information content (AvgIpc) is 2.87. The Morgan fingerprint density at radius 3 is 2.11 bits per heavy atom. The topological polar surface area (TPSA) is 115 Å². The molecular weight excluding hydrogens is 486 g/mol. The zero-order valence-corrected chi connectivity index (χ0v) is 20.8. The van der Waals surface area contributed by atoms with Crippen LogP contribution in [0.4, 0.5) is 5.69 Å². The number of carbonyl (C=O) groups excluding carboxylic acids is 3. The third-order valence-electron chi connectivity index (χ3n) is 5.01. The maximum absolute atomic E-state index is 12.4. The molecule has 3 aromatic carbocycles. The number of methoxy groups -OCH3 is 2. The van der Waals surface area contributed by atoms with Crippen LogP contribution in [0.1, 0.15) is 28.4 Å². The highest BCUT2D eigenvalue weighted by atomic mass is 35.5. The molecule has 0 aliphatic rings. The fourth-order valence-corrected chi connectivity index (χ4v) is 3.20. The summed E-state index contributed by atoms with van der Waals surface area (Å²) < 4.78 is 16.0. The van der Waals surface area contributed by atoms with Crippen molar-refractivity contribution in [2.24, 2.45) is 5.10 Å². The minimum Gasteiger partial charge on any atom is -0.495 e. The van der Waals surface area contributed by atoms with E-state index in [0.29, 0.717) is 33.4 Å². The van der Waals surface area contributed by atoms with Crippen molar-refractivity contribution in [3.05, 3.63) is 82.4 Å². The van der Waals surface area contributed by atoms with Crippen molar-refractivity contribution in [3.8, 4) is 17.2 Å². The number of halogens is 1. The van der Waals surface area contributed by atoms with Crippen molar-refractivity contribution >= 4 is 40.8 Å². The Labute approximate surface area is 213 Å². The molecule has 2 N–H and O–H groups in total. The summed E-state index contributed by atoms with van der Waals surface area (Å²) in [6.45, 7) is 3.55. The Bertz CT molecular complexity index is 1320. The predicted octanol–water partition coefficient (Wildman–Crippen LogP) is 4.36. The van der Waals surface area contributed by atoms with Gasteiger partial charge in [0.1, 0.15) is 5.75 Å². The van der Waals surface area contributed by atoms with E-state index in [-0.39, 0.29) is 11.4 Å². The number of carbonyl (C=O) groups is 3.